The Kier molecular flexibility index (Phi) is 5.92. The average molecular weight is 362 g/mol. The number of amides is 1. The standard InChI is InChI=1S/C20H21ClFNO2/c21-17-6-4-15(5-7-17)16-3-1-2-12-23(13-16)20(24)14-25-19-10-8-18(22)9-11-19/h4-11,16H,1-3,12-14H2. The summed E-state index contributed by atoms with van der Waals surface area (Å²) in [4.78, 5) is 14.4. The zero-order chi connectivity index (χ0) is 17.6. The normalized spacial score (nSPS) is 17.8. The van der Waals surface area contributed by atoms with Crippen molar-refractivity contribution in [2.45, 2.75) is 25.2 Å². The summed E-state index contributed by atoms with van der Waals surface area (Å²) in [6.07, 6.45) is 3.15. The lowest BCUT2D eigenvalue weighted by Crippen LogP contribution is -2.37. The van der Waals surface area contributed by atoms with E-state index < -0.39 is 0 Å². The van der Waals surface area contributed by atoms with E-state index in [0.717, 1.165) is 30.8 Å². The first kappa shape index (κ1) is 17.7. The fraction of sp³-hybridized carbons (Fsp3) is 0.350. The molecule has 3 nitrogen and oxygen atoms in total. The molecule has 1 aliphatic rings. The molecule has 0 spiro atoms. The van der Waals surface area contributed by atoms with Crippen molar-refractivity contribution in [1.82, 2.24) is 4.90 Å². The molecule has 0 aliphatic carbocycles. The Hall–Kier alpha value is -2.07. The van der Waals surface area contributed by atoms with Crippen LogP contribution in [-0.2, 0) is 4.79 Å². The molecule has 132 valence electrons. The Labute approximate surface area is 152 Å². The van der Waals surface area contributed by atoms with Gasteiger partial charge < -0.3 is 9.64 Å². The summed E-state index contributed by atoms with van der Waals surface area (Å²) in [5.74, 6) is 0.454. The molecule has 0 aromatic heterocycles. The number of nitrogens with zero attached hydrogens (tertiary/aromatic N) is 1. The van der Waals surface area contributed by atoms with Crippen LogP contribution in [0.5, 0.6) is 5.75 Å². The third kappa shape index (κ3) is 4.95. The molecular weight excluding hydrogens is 341 g/mol. The number of carbonyl (C=O) groups excluding carboxylic acids is 1. The van der Waals surface area contributed by atoms with Crippen LogP contribution in [0, 0.1) is 5.82 Å². The lowest BCUT2D eigenvalue weighted by molar-refractivity contribution is -0.133. The second kappa shape index (κ2) is 8.34. The van der Waals surface area contributed by atoms with E-state index in [-0.39, 0.29) is 18.3 Å². The van der Waals surface area contributed by atoms with Gasteiger partial charge in [0.1, 0.15) is 11.6 Å². The number of benzene rings is 2. The van der Waals surface area contributed by atoms with Crippen molar-refractivity contribution in [1.29, 1.82) is 0 Å². The molecule has 2 aromatic rings. The highest BCUT2D eigenvalue weighted by molar-refractivity contribution is 6.30. The number of halogens is 2. The molecule has 1 aliphatic heterocycles. The van der Waals surface area contributed by atoms with Crippen LogP contribution < -0.4 is 4.74 Å². The van der Waals surface area contributed by atoms with Crippen molar-refractivity contribution in [3.8, 4) is 5.75 Å². The van der Waals surface area contributed by atoms with Gasteiger partial charge in [0.05, 0.1) is 0 Å². The predicted octanol–water partition coefficient (Wildman–Crippen LogP) is 4.65. The smallest absolute Gasteiger partial charge is 0.260 e. The van der Waals surface area contributed by atoms with Gasteiger partial charge in [0.15, 0.2) is 6.61 Å². The molecule has 1 saturated heterocycles. The van der Waals surface area contributed by atoms with Crippen molar-refractivity contribution in [2.75, 3.05) is 19.7 Å². The second-order valence-corrected chi connectivity index (χ2v) is 6.76. The van der Waals surface area contributed by atoms with Crippen molar-refractivity contribution in [3.05, 3.63) is 64.9 Å². The van der Waals surface area contributed by atoms with Crippen LogP contribution in [0.3, 0.4) is 0 Å². The van der Waals surface area contributed by atoms with E-state index in [4.69, 9.17) is 16.3 Å². The van der Waals surface area contributed by atoms with Crippen molar-refractivity contribution >= 4 is 17.5 Å². The summed E-state index contributed by atoms with van der Waals surface area (Å²) in [5, 5.41) is 0.720. The van der Waals surface area contributed by atoms with Gasteiger partial charge in [-0.15, -0.1) is 0 Å². The molecule has 0 bridgehead atoms. The molecule has 0 saturated carbocycles. The van der Waals surface area contributed by atoms with Gasteiger partial charge in [0.2, 0.25) is 0 Å². The van der Waals surface area contributed by atoms with Crippen molar-refractivity contribution < 1.29 is 13.9 Å². The molecule has 0 radical (unpaired) electrons. The van der Waals surface area contributed by atoms with Crippen LogP contribution in [0.4, 0.5) is 4.39 Å². The minimum atomic E-state index is -0.322. The number of hydrogen-bond acceptors (Lipinski definition) is 2. The second-order valence-electron chi connectivity index (χ2n) is 6.33. The minimum Gasteiger partial charge on any atom is -0.484 e. The molecule has 25 heavy (non-hydrogen) atoms. The number of rotatable bonds is 4. The number of ether oxygens (including phenoxy) is 1. The highest BCUT2D eigenvalue weighted by Crippen LogP contribution is 2.27. The average Bonchev–Trinajstić information content (AvgIpc) is 2.88. The summed E-state index contributed by atoms with van der Waals surface area (Å²) < 4.78 is 18.4. The monoisotopic (exact) mass is 361 g/mol. The number of likely N-dealkylation sites (tertiary alicyclic amines) is 1. The van der Waals surface area contributed by atoms with Gasteiger partial charge in [-0.25, -0.2) is 4.39 Å². The SMILES string of the molecule is O=C(COc1ccc(F)cc1)N1CCCCC(c2ccc(Cl)cc2)C1. The van der Waals surface area contributed by atoms with Crippen LogP contribution >= 0.6 is 11.6 Å². The largest absolute Gasteiger partial charge is 0.484 e. The number of carbonyl (C=O) groups is 1. The highest BCUT2D eigenvalue weighted by atomic mass is 35.5. The van der Waals surface area contributed by atoms with Gasteiger partial charge >= 0.3 is 0 Å². The maximum Gasteiger partial charge on any atom is 0.260 e. The van der Waals surface area contributed by atoms with E-state index in [9.17, 15) is 9.18 Å². The Bertz CT molecular complexity index is 703. The summed E-state index contributed by atoms with van der Waals surface area (Å²) in [7, 11) is 0. The molecule has 1 atom stereocenters. The quantitative estimate of drug-likeness (QED) is 0.793. The van der Waals surface area contributed by atoms with Crippen LogP contribution in [0.15, 0.2) is 48.5 Å². The van der Waals surface area contributed by atoms with Gasteiger partial charge in [0, 0.05) is 24.0 Å². The zero-order valence-corrected chi connectivity index (χ0v) is 14.7. The van der Waals surface area contributed by atoms with E-state index in [1.54, 1.807) is 0 Å². The molecular formula is C20H21ClFNO2. The van der Waals surface area contributed by atoms with Crippen LogP contribution in [-0.4, -0.2) is 30.5 Å². The maximum absolute atomic E-state index is 12.9. The third-order valence-electron chi connectivity index (χ3n) is 4.54. The van der Waals surface area contributed by atoms with Gasteiger partial charge in [-0.2, -0.15) is 0 Å². The first-order valence-corrected chi connectivity index (χ1v) is 8.91. The van der Waals surface area contributed by atoms with E-state index >= 15 is 0 Å². The Morgan fingerprint density at radius 2 is 1.84 bits per heavy atom. The summed E-state index contributed by atoms with van der Waals surface area (Å²) >= 11 is 5.97. The van der Waals surface area contributed by atoms with Crippen LogP contribution in [0.2, 0.25) is 5.02 Å². The third-order valence-corrected chi connectivity index (χ3v) is 4.79. The lowest BCUT2D eigenvalue weighted by Gasteiger charge is -2.25. The van der Waals surface area contributed by atoms with Gasteiger partial charge in [-0.1, -0.05) is 30.2 Å². The van der Waals surface area contributed by atoms with E-state index in [2.05, 4.69) is 0 Å². The molecule has 1 fully saturated rings. The molecule has 1 amide bonds. The molecule has 5 heteroatoms. The Morgan fingerprint density at radius 3 is 2.56 bits per heavy atom. The first-order valence-electron chi connectivity index (χ1n) is 8.53. The maximum atomic E-state index is 12.9. The summed E-state index contributed by atoms with van der Waals surface area (Å²) in [5.41, 5.74) is 1.21. The van der Waals surface area contributed by atoms with Crippen LogP contribution in [0.1, 0.15) is 30.7 Å². The van der Waals surface area contributed by atoms with Gasteiger partial charge in [0.25, 0.3) is 5.91 Å². The number of hydrogen-bond donors (Lipinski definition) is 0. The zero-order valence-electron chi connectivity index (χ0n) is 14.0. The van der Waals surface area contributed by atoms with E-state index in [1.165, 1.54) is 29.8 Å². The fourth-order valence-electron chi connectivity index (χ4n) is 3.14. The van der Waals surface area contributed by atoms with E-state index in [0.29, 0.717) is 18.2 Å². The molecule has 3 rings (SSSR count). The van der Waals surface area contributed by atoms with Gasteiger partial charge in [-0.05, 0) is 54.8 Å². The van der Waals surface area contributed by atoms with Crippen molar-refractivity contribution in [3.63, 3.8) is 0 Å². The van der Waals surface area contributed by atoms with Crippen LogP contribution in [0.25, 0.3) is 0 Å². The highest BCUT2D eigenvalue weighted by Gasteiger charge is 2.23. The molecule has 0 N–H and O–H groups in total. The summed E-state index contributed by atoms with van der Waals surface area (Å²) in [6.45, 7) is 1.40. The Balaban J connectivity index is 1.60. The fourth-order valence-corrected chi connectivity index (χ4v) is 3.27. The molecule has 1 unspecified atom stereocenters. The Morgan fingerprint density at radius 1 is 1.12 bits per heavy atom. The molecule has 1 heterocycles. The molecule has 2 aromatic carbocycles. The minimum absolute atomic E-state index is 0.0288. The predicted molar refractivity (Wildman–Crippen MR) is 96.5 cm³/mol. The summed E-state index contributed by atoms with van der Waals surface area (Å²) in [6, 6.07) is 13.6. The topological polar surface area (TPSA) is 29.5 Å². The van der Waals surface area contributed by atoms with Gasteiger partial charge in [-0.3, -0.25) is 4.79 Å². The lowest BCUT2D eigenvalue weighted by atomic mass is 9.94. The van der Waals surface area contributed by atoms with E-state index in [1.807, 2.05) is 29.2 Å². The van der Waals surface area contributed by atoms with Crippen molar-refractivity contribution in [2.24, 2.45) is 0 Å². The first-order chi connectivity index (χ1) is 12.1.